The molecule has 5 aromatic rings. The maximum atomic E-state index is 13.2. The number of anilines is 1. The van der Waals surface area contributed by atoms with E-state index in [1.165, 1.54) is 16.4 Å². The Hall–Kier alpha value is -4.28. The second kappa shape index (κ2) is 11.8. The van der Waals surface area contributed by atoms with E-state index in [-0.39, 0.29) is 22.9 Å². The van der Waals surface area contributed by atoms with Crippen molar-refractivity contribution in [3.63, 3.8) is 0 Å². The van der Waals surface area contributed by atoms with Crippen LogP contribution in [0.4, 0.5) is 5.69 Å². The van der Waals surface area contributed by atoms with Gasteiger partial charge in [0, 0.05) is 17.8 Å². The van der Waals surface area contributed by atoms with Crippen LogP contribution in [0.15, 0.2) is 94.9 Å². The predicted octanol–water partition coefficient (Wildman–Crippen LogP) is 5.59. The molecule has 0 spiro atoms. The first-order chi connectivity index (χ1) is 19.3. The van der Waals surface area contributed by atoms with Crippen molar-refractivity contribution in [1.29, 1.82) is 0 Å². The molecule has 0 unspecified atom stereocenters. The largest absolute Gasteiger partial charge is 0.483 e. The molecule has 2 heterocycles. The Labute approximate surface area is 240 Å². The second-order valence-corrected chi connectivity index (χ2v) is 10.4. The fraction of sp³-hybridized carbons (Fsp3) is 0.172. The van der Waals surface area contributed by atoms with Gasteiger partial charge in [-0.1, -0.05) is 59.8 Å². The molecule has 11 heteroatoms. The lowest BCUT2D eigenvalue weighted by atomic mass is 10.3. The highest BCUT2D eigenvalue weighted by molar-refractivity contribution is 7.99. The first kappa shape index (κ1) is 27.3. The van der Waals surface area contributed by atoms with Crippen LogP contribution in [0.5, 0.6) is 5.75 Å². The molecular weight excluding hydrogens is 548 g/mol. The normalized spacial score (nSPS) is 11.8. The predicted molar refractivity (Wildman–Crippen MR) is 157 cm³/mol. The smallest absolute Gasteiger partial charge is 0.295 e. The van der Waals surface area contributed by atoms with Gasteiger partial charge >= 0.3 is 0 Å². The van der Waals surface area contributed by atoms with Gasteiger partial charge < -0.3 is 10.1 Å². The van der Waals surface area contributed by atoms with Crippen molar-refractivity contribution in [2.45, 2.75) is 25.1 Å². The molecule has 40 heavy (non-hydrogen) atoms. The number of nitrogens with zero attached hydrogens (tertiary/aromatic N) is 5. The Balaban J connectivity index is 1.36. The molecule has 0 radical (unpaired) electrons. The van der Waals surface area contributed by atoms with Crippen molar-refractivity contribution in [1.82, 2.24) is 24.1 Å². The van der Waals surface area contributed by atoms with Gasteiger partial charge in [-0.2, -0.15) is 0 Å². The zero-order valence-corrected chi connectivity index (χ0v) is 23.7. The van der Waals surface area contributed by atoms with Crippen molar-refractivity contribution in [3.05, 3.63) is 112 Å². The van der Waals surface area contributed by atoms with Crippen molar-refractivity contribution < 1.29 is 9.53 Å². The van der Waals surface area contributed by atoms with Crippen LogP contribution in [0.1, 0.15) is 24.5 Å². The second-order valence-electron chi connectivity index (χ2n) is 9.00. The molecule has 204 valence electrons. The van der Waals surface area contributed by atoms with Gasteiger partial charge in [0.1, 0.15) is 11.4 Å². The molecule has 5 rings (SSSR count). The zero-order valence-electron chi connectivity index (χ0n) is 22.1. The molecule has 0 fully saturated rings. The molecule has 9 nitrogen and oxygen atoms in total. The van der Waals surface area contributed by atoms with E-state index in [1.54, 1.807) is 42.9 Å². The van der Waals surface area contributed by atoms with Gasteiger partial charge in [-0.25, -0.2) is 4.68 Å². The van der Waals surface area contributed by atoms with Crippen LogP contribution in [0.3, 0.4) is 0 Å². The fourth-order valence-corrected chi connectivity index (χ4v) is 5.13. The van der Waals surface area contributed by atoms with Crippen molar-refractivity contribution in [2.75, 3.05) is 11.1 Å². The molecule has 2 aromatic heterocycles. The van der Waals surface area contributed by atoms with Gasteiger partial charge in [0.05, 0.1) is 17.1 Å². The average Bonchev–Trinajstić information content (AvgIpc) is 3.49. The highest BCUT2D eigenvalue weighted by Crippen LogP contribution is 2.28. The van der Waals surface area contributed by atoms with Crippen LogP contribution in [0.25, 0.3) is 11.4 Å². The summed E-state index contributed by atoms with van der Waals surface area (Å²) in [6, 6.07) is 26.0. The van der Waals surface area contributed by atoms with Crippen LogP contribution in [-0.4, -0.2) is 35.8 Å². The SMILES string of the molecule is Cc1c(NC(=O)CSc2nnc([C@@H](C)Oc3ccc(Cl)cc3)n2-c2ccccc2)c(=O)n(-c2ccccc2)n1C. The van der Waals surface area contributed by atoms with E-state index in [0.717, 1.165) is 5.69 Å². The first-order valence-electron chi connectivity index (χ1n) is 12.5. The van der Waals surface area contributed by atoms with E-state index in [0.29, 0.717) is 33.1 Å². The summed E-state index contributed by atoms with van der Waals surface area (Å²) in [6.45, 7) is 3.68. The molecule has 1 N–H and O–H groups in total. The maximum Gasteiger partial charge on any atom is 0.295 e. The lowest BCUT2D eigenvalue weighted by Crippen LogP contribution is -2.23. The monoisotopic (exact) mass is 574 g/mol. The van der Waals surface area contributed by atoms with Crippen LogP contribution >= 0.6 is 23.4 Å². The summed E-state index contributed by atoms with van der Waals surface area (Å²) < 4.78 is 11.2. The number of nitrogens with one attached hydrogen (secondary N) is 1. The number of amides is 1. The summed E-state index contributed by atoms with van der Waals surface area (Å²) in [4.78, 5) is 26.2. The Morgan fingerprint density at radius 1 is 0.975 bits per heavy atom. The first-order valence-corrected chi connectivity index (χ1v) is 13.9. The number of rotatable bonds is 9. The summed E-state index contributed by atoms with van der Waals surface area (Å²) in [7, 11) is 1.78. The van der Waals surface area contributed by atoms with E-state index >= 15 is 0 Å². The summed E-state index contributed by atoms with van der Waals surface area (Å²) >= 11 is 7.23. The Kier molecular flexibility index (Phi) is 8.09. The third kappa shape index (κ3) is 5.68. The zero-order chi connectivity index (χ0) is 28.2. The van der Waals surface area contributed by atoms with Crippen molar-refractivity contribution in [3.8, 4) is 17.1 Å². The molecular formula is C29H27ClN6O3S. The topological polar surface area (TPSA) is 96.0 Å². The van der Waals surface area contributed by atoms with Gasteiger partial charge in [0.15, 0.2) is 17.1 Å². The van der Waals surface area contributed by atoms with Crippen LogP contribution in [0, 0.1) is 6.92 Å². The number of halogens is 1. The maximum absolute atomic E-state index is 13.2. The van der Waals surface area contributed by atoms with Gasteiger partial charge in [-0.15, -0.1) is 10.2 Å². The molecule has 1 amide bonds. The van der Waals surface area contributed by atoms with Gasteiger partial charge in [0.2, 0.25) is 5.91 Å². The summed E-state index contributed by atoms with van der Waals surface area (Å²) in [5, 5.41) is 12.7. The third-order valence-electron chi connectivity index (χ3n) is 6.31. The fourth-order valence-electron chi connectivity index (χ4n) is 4.25. The standard InChI is InChI=1S/C29H27ClN6O3S/c1-19-26(28(38)36(34(19)3)23-12-8-5-9-13-23)31-25(37)18-40-29-33-32-27(35(29)22-10-6-4-7-11-22)20(2)39-24-16-14-21(30)15-17-24/h4-17,20H,18H2,1-3H3,(H,31,37)/t20-/m1/s1. The van der Waals surface area contributed by atoms with Crippen molar-refractivity contribution >= 4 is 35.0 Å². The van der Waals surface area contributed by atoms with Crippen LogP contribution < -0.4 is 15.6 Å². The highest BCUT2D eigenvalue weighted by Gasteiger charge is 2.23. The van der Waals surface area contributed by atoms with E-state index in [2.05, 4.69) is 15.5 Å². The minimum atomic E-state index is -0.444. The van der Waals surface area contributed by atoms with E-state index in [1.807, 2.05) is 72.2 Å². The number of aromatic nitrogens is 5. The lowest BCUT2D eigenvalue weighted by molar-refractivity contribution is -0.113. The van der Waals surface area contributed by atoms with Gasteiger partial charge in [-0.05, 0) is 62.4 Å². The van der Waals surface area contributed by atoms with E-state index in [9.17, 15) is 9.59 Å². The number of thioether (sulfide) groups is 1. The molecule has 0 aliphatic heterocycles. The molecule has 1 atom stereocenters. The molecule has 0 aliphatic rings. The number of hydrogen-bond acceptors (Lipinski definition) is 6. The quantitative estimate of drug-likeness (QED) is 0.231. The summed E-state index contributed by atoms with van der Waals surface area (Å²) in [5.41, 5.74) is 2.14. The number of ether oxygens (including phenoxy) is 1. The Morgan fingerprint density at radius 2 is 1.60 bits per heavy atom. The molecule has 3 aromatic carbocycles. The lowest BCUT2D eigenvalue weighted by Gasteiger charge is -2.16. The Bertz CT molecular complexity index is 1680. The average molecular weight is 575 g/mol. The number of hydrogen-bond donors (Lipinski definition) is 1. The van der Waals surface area contributed by atoms with Crippen LogP contribution in [-0.2, 0) is 11.8 Å². The summed E-state index contributed by atoms with van der Waals surface area (Å²) in [5.74, 6) is 0.920. The number of benzene rings is 3. The minimum Gasteiger partial charge on any atom is -0.483 e. The number of para-hydroxylation sites is 2. The minimum absolute atomic E-state index is 0.0243. The number of carbonyl (C=O) groups is 1. The van der Waals surface area contributed by atoms with Gasteiger partial charge in [0.25, 0.3) is 5.56 Å². The van der Waals surface area contributed by atoms with Crippen molar-refractivity contribution in [2.24, 2.45) is 7.05 Å². The molecule has 0 saturated carbocycles. The Morgan fingerprint density at radius 3 is 2.25 bits per heavy atom. The molecule has 0 saturated heterocycles. The van der Waals surface area contributed by atoms with Crippen LogP contribution in [0.2, 0.25) is 5.02 Å². The highest BCUT2D eigenvalue weighted by atomic mass is 35.5. The van der Waals surface area contributed by atoms with E-state index in [4.69, 9.17) is 16.3 Å². The molecule has 0 bridgehead atoms. The molecule has 0 aliphatic carbocycles. The summed E-state index contributed by atoms with van der Waals surface area (Å²) in [6.07, 6.45) is -0.444. The number of carbonyl (C=O) groups excluding carboxylic acids is 1. The van der Waals surface area contributed by atoms with Gasteiger partial charge in [-0.3, -0.25) is 18.8 Å². The third-order valence-corrected chi connectivity index (χ3v) is 7.49. The van der Waals surface area contributed by atoms with E-state index < -0.39 is 6.10 Å².